The van der Waals surface area contributed by atoms with Crippen molar-refractivity contribution in [1.29, 1.82) is 0 Å². The zero-order chi connectivity index (χ0) is 13.7. The predicted molar refractivity (Wildman–Crippen MR) is 83.9 cm³/mol. The molecule has 20 heavy (non-hydrogen) atoms. The molecule has 1 atom stereocenters. The maximum Gasteiger partial charge on any atom is 0.0719 e. The molecule has 2 aliphatic rings. The summed E-state index contributed by atoms with van der Waals surface area (Å²) in [5, 5.41) is 1.43. The van der Waals surface area contributed by atoms with Crippen molar-refractivity contribution in [3.63, 3.8) is 0 Å². The minimum Gasteiger partial charge on any atom is -0.357 e. The molecule has 0 aliphatic carbocycles. The number of hydrogen-bond donors (Lipinski definition) is 1. The Bertz CT molecular complexity index is 693. The minimum atomic E-state index is 0.505. The lowest BCUT2D eigenvalue weighted by Crippen LogP contribution is -2.40. The van der Waals surface area contributed by atoms with Gasteiger partial charge in [-0.1, -0.05) is 30.7 Å². The Labute approximate surface area is 120 Å². The van der Waals surface area contributed by atoms with E-state index < -0.39 is 0 Å². The average Bonchev–Trinajstić information content (AvgIpc) is 2.86. The average molecular weight is 266 g/mol. The van der Waals surface area contributed by atoms with Crippen molar-refractivity contribution in [1.82, 2.24) is 9.88 Å². The van der Waals surface area contributed by atoms with Crippen molar-refractivity contribution in [3.8, 4) is 0 Å². The minimum absolute atomic E-state index is 0.505. The number of hydrogen-bond acceptors (Lipinski definition) is 1. The second kappa shape index (κ2) is 4.49. The van der Waals surface area contributed by atoms with Crippen LogP contribution in [-0.2, 0) is 6.42 Å². The largest absolute Gasteiger partial charge is 0.357 e. The highest BCUT2D eigenvalue weighted by Crippen LogP contribution is 2.43. The molecule has 0 spiro atoms. The van der Waals surface area contributed by atoms with Gasteiger partial charge in [-0.2, -0.15) is 0 Å². The second-order valence-electron chi connectivity index (χ2n) is 6.16. The van der Waals surface area contributed by atoms with Crippen LogP contribution in [0.3, 0.4) is 0 Å². The van der Waals surface area contributed by atoms with Crippen LogP contribution in [0.5, 0.6) is 0 Å². The summed E-state index contributed by atoms with van der Waals surface area (Å²) in [5.74, 6) is 0. The highest BCUT2D eigenvalue weighted by molar-refractivity contribution is 5.85. The van der Waals surface area contributed by atoms with Gasteiger partial charge in [0.15, 0.2) is 0 Å². The van der Waals surface area contributed by atoms with Crippen LogP contribution in [-0.4, -0.2) is 23.0 Å². The molecule has 1 aromatic carbocycles. The van der Waals surface area contributed by atoms with Crippen molar-refractivity contribution in [2.45, 2.75) is 39.2 Å². The van der Waals surface area contributed by atoms with Gasteiger partial charge in [0.1, 0.15) is 0 Å². The summed E-state index contributed by atoms with van der Waals surface area (Å²) < 4.78 is 0. The van der Waals surface area contributed by atoms with E-state index in [1.54, 1.807) is 16.7 Å². The van der Waals surface area contributed by atoms with E-state index in [0.29, 0.717) is 6.04 Å². The van der Waals surface area contributed by atoms with Crippen LogP contribution in [0.1, 0.15) is 44.0 Å². The molecule has 4 rings (SSSR count). The molecule has 3 heterocycles. The third-order valence-corrected chi connectivity index (χ3v) is 5.17. The first kappa shape index (κ1) is 12.2. The Hall–Kier alpha value is -1.54. The molecule has 0 radical (unpaired) electrons. The van der Waals surface area contributed by atoms with E-state index in [1.165, 1.54) is 48.9 Å². The molecule has 2 aromatic rings. The van der Waals surface area contributed by atoms with Crippen LogP contribution in [0, 0.1) is 0 Å². The molecule has 1 unspecified atom stereocenters. The zero-order valence-corrected chi connectivity index (χ0v) is 12.4. The molecular weight excluding hydrogens is 244 g/mol. The number of H-pyrrole nitrogens is 1. The summed E-state index contributed by atoms with van der Waals surface area (Å²) in [6.07, 6.45) is 3.60. The molecule has 2 heteroatoms. The van der Waals surface area contributed by atoms with E-state index in [-0.39, 0.29) is 0 Å². The fourth-order valence-electron chi connectivity index (χ4n) is 4.13. The number of aromatic nitrogens is 1. The maximum atomic E-state index is 3.72. The number of para-hydroxylation sites is 1. The third kappa shape index (κ3) is 1.61. The van der Waals surface area contributed by atoms with Gasteiger partial charge >= 0.3 is 0 Å². The number of aromatic amines is 1. The number of fused-ring (bicyclic) bond motifs is 5. The van der Waals surface area contributed by atoms with Gasteiger partial charge in [-0.05, 0) is 43.4 Å². The molecule has 1 N–H and O–H groups in total. The van der Waals surface area contributed by atoms with Crippen LogP contribution >= 0.6 is 0 Å². The lowest BCUT2D eigenvalue weighted by molar-refractivity contribution is 0.193. The van der Waals surface area contributed by atoms with Crippen LogP contribution in [0.25, 0.3) is 10.9 Å². The standard InChI is InChI=1S/C18H22N2/c1-3-13-12(2)8-10-20-11-9-15-14-6-4-5-7-16(14)19-17(15)18(13)20/h4-7,18-19H,3,8-11H2,1-2H3. The normalized spacial score (nSPS) is 23.0. The van der Waals surface area contributed by atoms with Gasteiger partial charge in [-0.25, -0.2) is 0 Å². The van der Waals surface area contributed by atoms with Crippen LogP contribution in [0.4, 0.5) is 0 Å². The van der Waals surface area contributed by atoms with Gasteiger partial charge < -0.3 is 4.98 Å². The van der Waals surface area contributed by atoms with Crippen LogP contribution in [0.15, 0.2) is 35.4 Å². The lowest BCUT2D eigenvalue weighted by atomic mass is 9.85. The molecular formula is C18H22N2. The number of rotatable bonds is 1. The van der Waals surface area contributed by atoms with E-state index in [0.717, 1.165) is 0 Å². The monoisotopic (exact) mass is 266 g/mol. The number of nitrogens with one attached hydrogen (secondary N) is 1. The van der Waals surface area contributed by atoms with Crippen molar-refractivity contribution in [2.24, 2.45) is 0 Å². The van der Waals surface area contributed by atoms with Crippen LogP contribution in [0.2, 0.25) is 0 Å². The highest BCUT2D eigenvalue weighted by Gasteiger charge is 2.34. The molecule has 0 bridgehead atoms. The smallest absolute Gasteiger partial charge is 0.0719 e. The van der Waals surface area contributed by atoms with E-state index in [4.69, 9.17) is 0 Å². The Morgan fingerprint density at radius 1 is 1.20 bits per heavy atom. The van der Waals surface area contributed by atoms with Gasteiger partial charge in [0.05, 0.1) is 6.04 Å². The van der Waals surface area contributed by atoms with Gasteiger partial charge in [0.2, 0.25) is 0 Å². The van der Waals surface area contributed by atoms with Gasteiger partial charge in [0.25, 0.3) is 0 Å². The predicted octanol–water partition coefficient (Wildman–Crippen LogP) is 4.20. The van der Waals surface area contributed by atoms with Gasteiger partial charge in [0, 0.05) is 29.7 Å². The number of benzene rings is 1. The van der Waals surface area contributed by atoms with Crippen molar-refractivity contribution in [2.75, 3.05) is 13.1 Å². The van der Waals surface area contributed by atoms with Crippen molar-refractivity contribution in [3.05, 3.63) is 46.7 Å². The molecule has 0 saturated carbocycles. The summed E-state index contributed by atoms with van der Waals surface area (Å²) in [6.45, 7) is 7.05. The Kier molecular flexibility index (Phi) is 2.74. The SMILES string of the molecule is CCC1=C(C)CCN2CCc3c([nH]c4ccccc34)C12. The second-order valence-corrected chi connectivity index (χ2v) is 6.16. The van der Waals surface area contributed by atoms with Crippen molar-refractivity contribution < 1.29 is 0 Å². The first-order valence-electron chi connectivity index (χ1n) is 7.81. The molecule has 0 fully saturated rings. The Balaban J connectivity index is 1.94. The highest BCUT2D eigenvalue weighted by atomic mass is 15.2. The van der Waals surface area contributed by atoms with E-state index in [9.17, 15) is 0 Å². The van der Waals surface area contributed by atoms with E-state index in [1.807, 2.05) is 0 Å². The first-order valence-corrected chi connectivity index (χ1v) is 7.81. The zero-order valence-electron chi connectivity index (χ0n) is 12.4. The summed E-state index contributed by atoms with van der Waals surface area (Å²) in [6, 6.07) is 9.27. The lowest BCUT2D eigenvalue weighted by Gasteiger charge is -2.41. The summed E-state index contributed by atoms with van der Waals surface area (Å²) in [5.41, 5.74) is 7.58. The van der Waals surface area contributed by atoms with Crippen molar-refractivity contribution >= 4 is 10.9 Å². The fraction of sp³-hybridized carbons (Fsp3) is 0.444. The summed E-state index contributed by atoms with van der Waals surface area (Å²) >= 11 is 0. The Morgan fingerprint density at radius 3 is 2.85 bits per heavy atom. The maximum absolute atomic E-state index is 3.72. The molecule has 0 saturated heterocycles. The molecule has 2 aliphatic heterocycles. The van der Waals surface area contributed by atoms with E-state index in [2.05, 4.69) is 48.0 Å². The molecule has 0 amide bonds. The molecule has 104 valence electrons. The topological polar surface area (TPSA) is 19.0 Å². The fourth-order valence-corrected chi connectivity index (χ4v) is 4.13. The summed E-state index contributed by atoms with van der Waals surface area (Å²) in [7, 11) is 0. The number of nitrogens with zero attached hydrogens (tertiary/aromatic N) is 1. The van der Waals surface area contributed by atoms with Gasteiger partial charge in [-0.3, -0.25) is 4.90 Å². The van der Waals surface area contributed by atoms with E-state index >= 15 is 0 Å². The molecule has 1 aromatic heterocycles. The van der Waals surface area contributed by atoms with Crippen LogP contribution < -0.4 is 0 Å². The Morgan fingerprint density at radius 2 is 2.00 bits per heavy atom. The quantitative estimate of drug-likeness (QED) is 0.767. The van der Waals surface area contributed by atoms with Gasteiger partial charge in [-0.15, -0.1) is 0 Å². The molecule has 2 nitrogen and oxygen atoms in total. The first-order chi connectivity index (χ1) is 9.79. The third-order valence-electron chi connectivity index (χ3n) is 5.17. The summed E-state index contributed by atoms with van der Waals surface area (Å²) in [4.78, 5) is 6.39.